The number of imidazole rings is 1. The lowest BCUT2D eigenvalue weighted by atomic mass is 10.1. The molecule has 1 aliphatic heterocycles. The molecule has 0 radical (unpaired) electrons. The summed E-state index contributed by atoms with van der Waals surface area (Å²) in [7, 11) is 0. The smallest absolute Gasteiger partial charge is 0.246 e. The molecule has 0 fully saturated rings. The molecule has 1 amide bonds. The third kappa shape index (κ3) is 4.48. The van der Waals surface area contributed by atoms with E-state index < -0.39 is 6.04 Å². The number of aromatic nitrogens is 2. The molecule has 1 aliphatic rings. The second-order valence-corrected chi connectivity index (χ2v) is 8.05. The third-order valence-corrected chi connectivity index (χ3v) is 4.49. The quantitative estimate of drug-likeness (QED) is 0.818. The zero-order valence-corrected chi connectivity index (χ0v) is 16.3. The Morgan fingerprint density at radius 3 is 2.88 bits per heavy atom. The van der Waals surface area contributed by atoms with E-state index in [1.54, 1.807) is 17.4 Å². The minimum atomic E-state index is -0.395. The average Bonchev–Trinajstić information content (AvgIpc) is 3.00. The molecule has 0 spiro atoms. The molecule has 0 bridgehead atoms. The van der Waals surface area contributed by atoms with E-state index in [1.165, 1.54) is 0 Å². The second kappa shape index (κ2) is 7.27. The first-order valence-corrected chi connectivity index (χ1v) is 9.07. The van der Waals surface area contributed by atoms with Crippen LogP contribution in [0.1, 0.15) is 32.0 Å². The number of aromatic amines is 1. The van der Waals surface area contributed by atoms with Gasteiger partial charge in [0.1, 0.15) is 6.04 Å². The van der Waals surface area contributed by atoms with Gasteiger partial charge in [-0.25, -0.2) is 4.98 Å². The summed E-state index contributed by atoms with van der Waals surface area (Å²) in [5.74, 6) is -0.0000718. The van der Waals surface area contributed by atoms with Gasteiger partial charge in [0.2, 0.25) is 5.91 Å². The van der Waals surface area contributed by atoms with Crippen molar-refractivity contribution < 1.29 is 9.53 Å². The lowest BCUT2D eigenvalue weighted by Gasteiger charge is -2.27. The van der Waals surface area contributed by atoms with Gasteiger partial charge in [-0.2, -0.15) is 0 Å². The highest BCUT2D eigenvalue weighted by atomic mass is 79.9. The van der Waals surface area contributed by atoms with Crippen molar-refractivity contribution in [1.82, 2.24) is 15.3 Å². The standard InChI is InChI=1S/C18H23BrN4O2/c1-18(2,3)25-10-15-17(24)23(9-14-8-20-11-22-14)16-5-4-13(19)6-12(16)7-21-15/h4-6,8,11,15,21H,7,9-10H2,1-3H3,(H,20,22). The molecule has 0 saturated carbocycles. The first kappa shape index (κ1) is 18.1. The van der Waals surface area contributed by atoms with Crippen LogP contribution in [0, 0.1) is 0 Å². The van der Waals surface area contributed by atoms with Gasteiger partial charge < -0.3 is 14.6 Å². The number of hydrogen-bond donors (Lipinski definition) is 2. The zero-order chi connectivity index (χ0) is 18.0. The van der Waals surface area contributed by atoms with Crippen molar-refractivity contribution in [2.45, 2.75) is 45.5 Å². The SMILES string of the molecule is CC(C)(C)OCC1NCc2cc(Br)ccc2N(Cc2cnc[nH]2)C1=O. The van der Waals surface area contributed by atoms with Gasteiger partial charge in [-0.05, 0) is 44.5 Å². The number of benzene rings is 1. The molecular formula is C18H23BrN4O2. The lowest BCUT2D eigenvalue weighted by molar-refractivity contribution is -0.123. The molecule has 2 N–H and O–H groups in total. The van der Waals surface area contributed by atoms with E-state index in [2.05, 4.69) is 31.2 Å². The van der Waals surface area contributed by atoms with Gasteiger partial charge in [0.15, 0.2) is 0 Å². The maximum absolute atomic E-state index is 13.2. The number of carbonyl (C=O) groups is 1. The predicted molar refractivity (Wildman–Crippen MR) is 100 cm³/mol. The largest absolute Gasteiger partial charge is 0.374 e. The number of ether oxygens (including phenoxy) is 1. The molecule has 134 valence electrons. The number of nitrogens with one attached hydrogen (secondary N) is 2. The van der Waals surface area contributed by atoms with Gasteiger partial charge >= 0.3 is 0 Å². The summed E-state index contributed by atoms with van der Waals surface area (Å²) in [6.45, 7) is 7.35. The van der Waals surface area contributed by atoms with Crippen LogP contribution in [0.3, 0.4) is 0 Å². The fourth-order valence-corrected chi connectivity index (χ4v) is 3.16. The Balaban J connectivity index is 1.90. The van der Waals surface area contributed by atoms with Crippen molar-refractivity contribution in [3.05, 3.63) is 46.5 Å². The van der Waals surface area contributed by atoms with E-state index in [0.29, 0.717) is 19.7 Å². The molecule has 0 aliphatic carbocycles. The first-order valence-electron chi connectivity index (χ1n) is 8.28. The number of nitrogens with zero attached hydrogens (tertiary/aromatic N) is 2. The van der Waals surface area contributed by atoms with Crippen molar-refractivity contribution in [3.8, 4) is 0 Å². The van der Waals surface area contributed by atoms with Gasteiger partial charge in [-0.3, -0.25) is 10.1 Å². The van der Waals surface area contributed by atoms with E-state index in [-0.39, 0.29) is 11.5 Å². The molecule has 2 aromatic rings. The second-order valence-electron chi connectivity index (χ2n) is 7.13. The minimum absolute atomic E-state index is 0.0000718. The van der Waals surface area contributed by atoms with Crippen LogP contribution >= 0.6 is 15.9 Å². The Morgan fingerprint density at radius 2 is 2.20 bits per heavy atom. The molecule has 7 heteroatoms. The van der Waals surface area contributed by atoms with Crippen LogP contribution in [0.15, 0.2) is 35.2 Å². The van der Waals surface area contributed by atoms with E-state index in [1.807, 2.05) is 39.0 Å². The summed E-state index contributed by atoms with van der Waals surface area (Å²) < 4.78 is 6.85. The minimum Gasteiger partial charge on any atom is -0.374 e. The number of halogens is 1. The van der Waals surface area contributed by atoms with E-state index >= 15 is 0 Å². The molecule has 3 rings (SSSR count). The number of amides is 1. The van der Waals surface area contributed by atoms with Crippen LogP contribution in [0.4, 0.5) is 5.69 Å². The van der Waals surface area contributed by atoms with E-state index in [9.17, 15) is 4.79 Å². The van der Waals surface area contributed by atoms with Crippen molar-refractivity contribution in [1.29, 1.82) is 0 Å². The molecule has 1 aromatic carbocycles. The normalized spacial score (nSPS) is 18.2. The fraction of sp³-hybridized carbons (Fsp3) is 0.444. The predicted octanol–water partition coefficient (Wildman–Crippen LogP) is 2.99. The third-order valence-electron chi connectivity index (χ3n) is 4.00. The monoisotopic (exact) mass is 406 g/mol. The highest BCUT2D eigenvalue weighted by Crippen LogP contribution is 2.29. The molecule has 2 heterocycles. The van der Waals surface area contributed by atoms with E-state index in [4.69, 9.17) is 4.74 Å². The van der Waals surface area contributed by atoms with Gasteiger partial charge in [0, 0.05) is 22.9 Å². The summed E-state index contributed by atoms with van der Waals surface area (Å²) >= 11 is 3.51. The van der Waals surface area contributed by atoms with Gasteiger partial charge in [0.05, 0.1) is 30.8 Å². The van der Waals surface area contributed by atoms with Crippen molar-refractivity contribution >= 4 is 27.5 Å². The molecule has 6 nitrogen and oxygen atoms in total. The summed E-state index contributed by atoms with van der Waals surface area (Å²) in [4.78, 5) is 22.1. The number of carbonyl (C=O) groups excluding carboxylic acids is 1. The Kier molecular flexibility index (Phi) is 5.27. The van der Waals surface area contributed by atoms with Crippen LogP contribution in [-0.4, -0.2) is 34.1 Å². The van der Waals surface area contributed by atoms with Crippen LogP contribution in [0.5, 0.6) is 0 Å². The lowest BCUT2D eigenvalue weighted by Crippen LogP contribution is -2.47. The summed E-state index contributed by atoms with van der Waals surface area (Å²) in [5.41, 5.74) is 2.58. The highest BCUT2D eigenvalue weighted by Gasteiger charge is 2.31. The molecule has 25 heavy (non-hydrogen) atoms. The Labute approximate surface area is 156 Å². The van der Waals surface area contributed by atoms with Crippen LogP contribution in [0.25, 0.3) is 0 Å². The number of anilines is 1. The van der Waals surface area contributed by atoms with Crippen LogP contribution < -0.4 is 10.2 Å². The summed E-state index contributed by atoms with van der Waals surface area (Å²) in [6.07, 6.45) is 3.36. The highest BCUT2D eigenvalue weighted by molar-refractivity contribution is 9.10. The van der Waals surface area contributed by atoms with Gasteiger partial charge in [0.25, 0.3) is 0 Å². The molecule has 1 aromatic heterocycles. The van der Waals surface area contributed by atoms with Crippen LogP contribution in [0.2, 0.25) is 0 Å². The van der Waals surface area contributed by atoms with Crippen molar-refractivity contribution in [2.75, 3.05) is 11.5 Å². The maximum atomic E-state index is 13.2. The molecule has 1 atom stereocenters. The average molecular weight is 407 g/mol. The topological polar surface area (TPSA) is 70.2 Å². The Bertz CT molecular complexity index is 740. The van der Waals surface area contributed by atoms with E-state index in [0.717, 1.165) is 21.4 Å². The number of hydrogen-bond acceptors (Lipinski definition) is 4. The van der Waals surface area contributed by atoms with Crippen molar-refractivity contribution in [2.24, 2.45) is 0 Å². The van der Waals surface area contributed by atoms with Gasteiger partial charge in [-0.15, -0.1) is 0 Å². The molecular weight excluding hydrogens is 384 g/mol. The van der Waals surface area contributed by atoms with Crippen LogP contribution in [-0.2, 0) is 22.6 Å². The first-order chi connectivity index (χ1) is 11.8. The molecule has 0 saturated heterocycles. The van der Waals surface area contributed by atoms with Crippen molar-refractivity contribution in [3.63, 3.8) is 0 Å². The Morgan fingerprint density at radius 1 is 1.40 bits per heavy atom. The summed E-state index contributed by atoms with van der Waals surface area (Å²) in [6, 6.07) is 5.58. The number of H-pyrrole nitrogens is 1. The zero-order valence-electron chi connectivity index (χ0n) is 14.7. The fourth-order valence-electron chi connectivity index (χ4n) is 2.75. The Hall–Kier alpha value is -1.70. The number of fused-ring (bicyclic) bond motifs is 1. The number of rotatable bonds is 4. The van der Waals surface area contributed by atoms with Gasteiger partial charge in [-0.1, -0.05) is 15.9 Å². The molecule has 1 unspecified atom stereocenters. The maximum Gasteiger partial charge on any atom is 0.246 e. The summed E-state index contributed by atoms with van der Waals surface area (Å²) in [5, 5.41) is 3.33.